The fourth-order valence-corrected chi connectivity index (χ4v) is 3.73. The third kappa shape index (κ3) is 3.76. The molecule has 0 saturated carbocycles. The van der Waals surface area contributed by atoms with Crippen molar-refractivity contribution in [2.24, 2.45) is 7.05 Å². The molecule has 5 nitrogen and oxygen atoms in total. The Morgan fingerprint density at radius 2 is 2.08 bits per heavy atom. The van der Waals surface area contributed by atoms with Crippen molar-refractivity contribution in [2.75, 3.05) is 0 Å². The van der Waals surface area contributed by atoms with Crippen LogP contribution in [0.1, 0.15) is 59.2 Å². The van der Waals surface area contributed by atoms with Crippen molar-refractivity contribution in [3.8, 4) is 0 Å². The first kappa shape index (κ1) is 17.7. The highest BCUT2D eigenvalue weighted by atomic mass is 16.4. The van der Waals surface area contributed by atoms with Gasteiger partial charge in [-0.15, -0.1) is 0 Å². The van der Waals surface area contributed by atoms with Gasteiger partial charge in [0, 0.05) is 18.8 Å². The van der Waals surface area contributed by atoms with Crippen molar-refractivity contribution < 1.29 is 9.90 Å². The van der Waals surface area contributed by atoms with Gasteiger partial charge in [0.15, 0.2) is 0 Å². The third-order valence-electron chi connectivity index (χ3n) is 5.37. The van der Waals surface area contributed by atoms with E-state index < -0.39 is 5.97 Å². The van der Waals surface area contributed by atoms with Crippen LogP contribution in [-0.4, -0.2) is 20.6 Å². The van der Waals surface area contributed by atoms with E-state index in [1.54, 1.807) is 0 Å². The molecule has 0 fully saturated rings. The monoisotopic (exact) mass is 341 g/mol. The highest BCUT2D eigenvalue weighted by Crippen LogP contribution is 2.25. The fourth-order valence-electron chi connectivity index (χ4n) is 3.73. The number of hydrogen-bond donors (Lipinski definition) is 2. The summed E-state index contributed by atoms with van der Waals surface area (Å²) < 4.78 is 2.18. The summed E-state index contributed by atoms with van der Waals surface area (Å²) in [5.41, 5.74) is 5.94. The third-order valence-corrected chi connectivity index (χ3v) is 5.37. The molecule has 0 spiro atoms. The zero-order valence-electron chi connectivity index (χ0n) is 15.3. The molecule has 2 N–H and O–H groups in total. The van der Waals surface area contributed by atoms with Crippen LogP contribution in [0.2, 0.25) is 0 Å². The van der Waals surface area contributed by atoms with E-state index in [0.29, 0.717) is 6.54 Å². The molecule has 0 unspecified atom stereocenters. The highest BCUT2D eigenvalue weighted by Gasteiger charge is 2.21. The zero-order chi connectivity index (χ0) is 18.0. The topological polar surface area (TPSA) is 67.2 Å². The Bertz CT molecular complexity index is 779. The molecule has 3 rings (SSSR count). The molecule has 0 aliphatic heterocycles. The minimum Gasteiger partial charge on any atom is -0.481 e. The Kier molecular flexibility index (Phi) is 5.23. The predicted octanol–water partition coefficient (Wildman–Crippen LogP) is 3.22. The van der Waals surface area contributed by atoms with E-state index in [1.807, 2.05) is 12.1 Å². The van der Waals surface area contributed by atoms with E-state index in [0.717, 1.165) is 29.8 Å². The maximum absolute atomic E-state index is 11.4. The minimum absolute atomic E-state index is 0.0639. The number of aromatic nitrogens is 2. The first-order valence-electron chi connectivity index (χ1n) is 9.02. The highest BCUT2D eigenvalue weighted by molar-refractivity contribution is 5.68. The summed E-state index contributed by atoms with van der Waals surface area (Å²) in [6.45, 7) is 4.69. The molecule has 1 aromatic heterocycles. The standard InChI is InChI=1S/C20H27N3O2/c1-13-7-6-8-15(14(13)2)17(11-20(24)25)21-12-19-22-16-9-4-5-10-18(16)23(19)3/h6-8,17,21H,4-5,9-12H2,1-3H3,(H,24,25)/t17-/m1/s1. The number of aryl methyl sites for hydroxylation is 2. The van der Waals surface area contributed by atoms with Crippen molar-refractivity contribution in [3.63, 3.8) is 0 Å². The van der Waals surface area contributed by atoms with Gasteiger partial charge >= 0.3 is 5.97 Å². The van der Waals surface area contributed by atoms with Crippen LogP contribution < -0.4 is 5.32 Å². The van der Waals surface area contributed by atoms with Gasteiger partial charge in [0.05, 0.1) is 18.7 Å². The largest absolute Gasteiger partial charge is 0.481 e. The van der Waals surface area contributed by atoms with Gasteiger partial charge in [0.25, 0.3) is 0 Å². The molecule has 1 aliphatic rings. The lowest BCUT2D eigenvalue weighted by Gasteiger charge is -2.20. The summed E-state index contributed by atoms with van der Waals surface area (Å²) in [4.78, 5) is 16.1. The molecule has 1 heterocycles. The number of rotatable bonds is 6. The summed E-state index contributed by atoms with van der Waals surface area (Å²) in [6, 6.07) is 5.86. The second kappa shape index (κ2) is 7.40. The van der Waals surface area contributed by atoms with E-state index in [2.05, 4.69) is 36.8 Å². The number of nitrogens with one attached hydrogen (secondary N) is 1. The lowest BCUT2D eigenvalue weighted by atomic mass is 9.95. The van der Waals surface area contributed by atoms with Crippen LogP contribution in [0.3, 0.4) is 0 Å². The maximum Gasteiger partial charge on any atom is 0.305 e. The van der Waals surface area contributed by atoms with E-state index in [1.165, 1.54) is 29.8 Å². The molecule has 1 aromatic carbocycles. The maximum atomic E-state index is 11.4. The van der Waals surface area contributed by atoms with Gasteiger partial charge in [0.1, 0.15) is 5.82 Å². The Morgan fingerprint density at radius 3 is 2.80 bits per heavy atom. The van der Waals surface area contributed by atoms with Crippen LogP contribution in [0, 0.1) is 13.8 Å². The minimum atomic E-state index is -0.794. The van der Waals surface area contributed by atoms with Gasteiger partial charge < -0.3 is 15.0 Å². The quantitative estimate of drug-likeness (QED) is 0.846. The van der Waals surface area contributed by atoms with E-state index >= 15 is 0 Å². The summed E-state index contributed by atoms with van der Waals surface area (Å²) in [5.74, 6) is 0.199. The molecule has 0 radical (unpaired) electrons. The Balaban J connectivity index is 1.81. The average molecular weight is 341 g/mol. The smallest absolute Gasteiger partial charge is 0.305 e. The summed E-state index contributed by atoms with van der Waals surface area (Å²) in [7, 11) is 2.07. The first-order valence-corrected chi connectivity index (χ1v) is 9.02. The molecule has 5 heteroatoms. The number of aliphatic carboxylic acids is 1. The number of fused-ring (bicyclic) bond motifs is 1. The Morgan fingerprint density at radius 1 is 1.32 bits per heavy atom. The van der Waals surface area contributed by atoms with Crippen molar-refractivity contribution in [3.05, 3.63) is 52.1 Å². The van der Waals surface area contributed by atoms with Crippen LogP contribution in [0.25, 0.3) is 0 Å². The molecule has 134 valence electrons. The van der Waals surface area contributed by atoms with Crippen molar-refractivity contribution in [1.29, 1.82) is 0 Å². The van der Waals surface area contributed by atoms with Gasteiger partial charge in [-0.1, -0.05) is 18.2 Å². The summed E-state index contributed by atoms with van der Waals surface area (Å²) >= 11 is 0. The van der Waals surface area contributed by atoms with Crippen LogP contribution in [-0.2, 0) is 31.2 Å². The van der Waals surface area contributed by atoms with Crippen LogP contribution in [0.4, 0.5) is 0 Å². The van der Waals surface area contributed by atoms with Gasteiger partial charge in [-0.3, -0.25) is 4.79 Å². The first-order chi connectivity index (χ1) is 12.0. The molecule has 0 amide bonds. The predicted molar refractivity (Wildman–Crippen MR) is 97.6 cm³/mol. The van der Waals surface area contributed by atoms with Crippen LogP contribution in [0.15, 0.2) is 18.2 Å². The lowest BCUT2D eigenvalue weighted by Crippen LogP contribution is -2.26. The van der Waals surface area contributed by atoms with Gasteiger partial charge in [-0.2, -0.15) is 0 Å². The number of nitrogens with zero attached hydrogens (tertiary/aromatic N) is 2. The number of imidazole rings is 1. The molecular weight excluding hydrogens is 314 g/mol. The van der Waals surface area contributed by atoms with E-state index in [-0.39, 0.29) is 12.5 Å². The van der Waals surface area contributed by atoms with Crippen LogP contribution >= 0.6 is 0 Å². The lowest BCUT2D eigenvalue weighted by molar-refractivity contribution is -0.137. The molecule has 0 saturated heterocycles. The Labute approximate surface area is 149 Å². The molecular formula is C20H27N3O2. The van der Waals surface area contributed by atoms with E-state index in [4.69, 9.17) is 4.98 Å². The number of carboxylic acids is 1. The second-order valence-electron chi connectivity index (χ2n) is 7.01. The van der Waals surface area contributed by atoms with Crippen molar-refractivity contribution in [2.45, 2.75) is 58.5 Å². The zero-order valence-corrected chi connectivity index (χ0v) is 15.3. The molecule has 1 aliphatic carbocycles. The Hall–Kier alpha value is -2.14. The SMILES string of the molecule is Cc1cccc([C@@H](CC(=O)O)NCc2nc3c(n2C)CCCC3)c1C. The van der Waals surface area contributed by atoms with Gasteiger partial charge in [-0.25, -0.2) is 4.98 Å². The summed E-state index contributed by atoms with van der Waals surface area (Å²) in [6.07, 6.45) is 4.64. The average Bonchev–Trinajstić information content (AvgIpc) is 2.90. The van der Waals surface area contributed by atoms with Crippen LogP contribution in [0.5, 0.6) is 0 Å². The van der Waals surface area contributed by atoms with Crippen molar-refractivity contribution in [1.82, 2.24) is 14.9 Å². The van der Waals surface area contributed by atoms with Gasteiger partial charge in [-0.05, 0) is 56.2 Å². The molecule has 1 atom stereocenters. The van der Waals surface area contributed by atoms with Crippen molar-refractivity contribution >= 4 is 5.97 Å². The number of hydrogen-bond acceptors (Lipinski definition) is 3. The molecule has 2 aromatic rings. The number of benzene rings is 1. The number of carbonyl (C=O) groups is 1. The summed E-state index contributed by atoms with van der Waals surface area (Å²) in [5, 5.41) is 12.8. The molecule has 25 heavy (non-hydrogen) atoms. The fraction of sp³-hybridized carbons (Fsp3) is 0.500. The second-order valence-corrected chi connectivity index (χ2v) is 7.01. The number of carboxylic acid groups (broad SMARTS) is 1. The normalized spacial score (nSPS) is 15.0. The van der Waals surface area contributed by atoms with E-state index in [9.17, 15) is 9.90 Å². The molecule has 0 bridgehead atoms. The van der Waals surface area contributed by atoms with Gasteiger partial charge in [0.2, 0.25) is 0 Å².